The third kappa shape index (κ3) is 0.684. The van der Waals surface area contributed by atoms with Crippen LogP contribution in [-0.4, -0.2) is 11.4 Å². The summed E-state index contributed by atoms with van der Waals surface area (Å²) < 4.78 is 5.03. The second-order valence-corrected chi connectivity index (χ2v) is 2.80. The van der Waals surface area contributed by atoms with E-state index in [-0.39, 0.29) is 5.60 Å². The Kier molecular flexibility index (Phi) is 0.848. The molecule has 1 aliphatic rings. The average molecular weight is 104 g/mol. The fraction of sp³-hybridized carbons (Fsp3) is 1.00. The molecule has 1 saturated heterocycles. The van der Waals surface area contributed by atoms with Gasteiger partial charge in [0.25, 0.3) is 0 Å². The fourth-order valence-electron chi connectivity index (χ4n) is 0.295. The van der Waals surface area contributed by atoms with Gasteiger partial charge in [-0.3, -0.25) is 0 Å². The van der Waals surface area contributed by atoms with Crippen molar-refractivity contribution in [1.82, 2.24) is 0 Å². The molecular formula is C4H8OS. The summed E-state index contributed by atoms with van der Waals surface area (Å²) in [5.41, 5.74) is 0.185. The van der Waals surface area contributed by atoms with Gasteiger partial charge < -0.3 is 4.18 Å². The number of rotatable bonds is 0. The minimum Gasteiger partial charge on any atom is -0.308 e. The first kappa shape index (κ1) is 4.47. The van der Waals surface area contributed by atoms with Gasteiger partial charge in [-0.1, -0.05) is 0 Å². The first-order chi connectivity index (χ1) is 2.71. The molecule has 1 heterocycles. The minimum atomic E-state index is 0.185. The summed E-state index contributed by atoms with van der Waals surface area (Å²) in [6.07, 6.45) is 0. The zero-order chi connectivity index (χ0) is 4.62. The van der Waals surface area contributed by atoms with E-state index in [1.807, 2.05) is 0 Å². The molecule has 36 valence electrons. The molecule has 0 aromatic rings. The lowest BCUT2D eigenvalue weighted by Gasteiger charge is -2.32. The molecule has 0 saturated carbocycles. The maximum Gasteiger partial charge on any atom is 0.0885 e. The van der Waals surface area contributed by atoms with Gasteiger partial charge in [-0.2, -0.15) is 0 Å². The van der Waals surface area contributed by atoms with Crippen molar-refractivity contribution in [2.45, 2.75) is 19.4 Å². The van der Waals surface area contributed by atoms with Crippen LogP contribution in [0.25, 0.3) is 0 Å². The maximum absolute atomic E-state index is 5.03. The van der Waals surface area contributed by atoms with Crippen LogP contribution in [0.2, 0.25) is 0 Å². The number of hydrogen-bond donors (Lipinski definition) is 0. The Morgan fingerprint density at radius 1 is 1.67 bits per heavy atom. The molecule has 1 aliphatic heterocycles. The lowest BCUT2D eigenvalue weighted by molar-refractivity contribution is 0.129. The lowest BCUT2D eigenvalue weighted by atomic mass is 10.2. The monoisotopic (exact) mass is 104 g/mol. The second kappa shape index (κ2) is 1.14. The van der Waals surface area contributed by atoms with Crippen LogP contribution in [0.15, 0.2) is 0 Å². The first-order valence-electron chi connectivity index (χ1n) is 2.01. The highest BCUT2D eigenvalue weighted by molar-refractivity contribution is 7.95. The zero-order valence-electron chi connectivity index (χ0n) is 4.02. The highest BCUT2D eigenvalue weighted by Gasteiger charge is 2.28. The van der Waals surface area contributed by atoms with Gasteiger partial charge in [0.15, 0.2) is 0 Å². The van der Waals surface area contributed by atoms with E-state index in [9.17, 15) is 0 Å². The Bertz CT molecular complexity index is 54.6. The molecule has 1 nitrogen and oxygen atoms in total. The molecule has 2 heteroatoms. The van der Waals surface area contributed by atoms with Gasteiger partial charge in [0.05, 0.1) is 5.60 Å². The first-order valence-corrected chi connectivity index (χ1v) is 2.92. The Labute approximate surface area is 42.3 Å². The standard InChI is InChI=1S/C4H8OS/c1-4(2)3-6-5-4/h3H2,1-2H3. The van der Waals surface area contributed by atoms with E-state index in [1.165, 1.54) is 0 Å². The smallest absolute Gasteiger partial charge is 0.0885 e. The predicted octanol–water partition coefficient (Wildman–Crippen LogP) is 1.44. The van der Waals surface area contributed by atoms with E-state index in [1.54, 1.807) is 12.0 Å². The van der Waals surface area contributed by atoms with Crippen LogP contribution in [-0.2, 0) is 4.18 Å². The van der Waals surface area contributed by atoms with Gasteiger partial charge >= 0.3 is 0 Å². The van der Waals surface area contributed by atoms with Crippen molar-refractivity contribution < 1.29 is 4.18 Å². The summed E-state index contributed by atoms with van der Waals surface area (Å²) in [5, 5.41) is 0. The van der Waals surface area contributed by atoms with Crippen LogP contribution in [0.3, 0.4) is 0 Å². The highest BCUT2D eigenvalue weighted by atomic mass is 32.2. The molecule has 0 aliphatic carbocycles. The summed E-state index contributed by atoms with van der Waals surface area (Å²) in [4.78, 5) is 0. The molecular weight excluding hydrogens is 96.1 g/mol. The topological polar surface area (TPSA) is 9.23 Å². The quantitative estimate of drug-likeness (QED) is 0.430. The number of hydrogen-bond acceptors (Lipinski definition) is 2. The van der Waals surface area contributed by atoms with Gasteiger partial charge in [0, 0.05) is 5.75 Å². The Balaban J connectivity index is 2.31. The Morgan fingerprint density at radius 2 is 2.00 bits per heavy atom. The van der Waals surface area contributed by atoms with E-state index < -0.39 is 0 Å². The van der Waals surface area contributed by atoms with Gasteiger partial charge in [0.1, 0.15) is 0 Å². The third-order valence-electron chi connectivity index (χ3n) is 0.691. The largest absolute Gasteiger partial charge is 0.308 e. The fourth-order valence-corrected chi connectivity index (χ4v) is 0.884. The Hall–Kier alpha value is 0.310. The van der Waals surface area contributed by atoms with Crippen LogP contribution in [0.1, 0.15) is 13.8 Å². The molecule has 0 N–H and O–H groups in total. The zero-order valence-corrected chi connectivity index (χ0v) is 4.84. The highest BCUT2D eigenvalue weighted by Crippen LogP contribution is 2.32. The molecule has 0 aromatic heterocycles. The molecule has 0 unspecified atom stereocenters. The summed E-state index contributed by atoms with van der Waals surface area (Å²) in [6.45, 7) is 4.17. The molecule has 0 bridgehead atoms. The molecule has 0 radical (unpaired) electrons. The summed E-state index contributed by atoms with van der Waals surface area (Å²) in [6, 6.07) is 0. The molecule has 0 aromatic carbocycles. The molecule has 1 rings (SSSR count). The molecule has 0 atom stereocenters. The van der Waals surface area contributed by atoms with Gasteiger partial charge in [-0.15, -0.1) is 0 Å². The van der Waals surface area contributed by atoms with E-state index in [4.69, 9.17) is 4.18 Å². The van der Waals surface area contributed by atoms with Gasteiger partial charge in [-0.05, 0) is 25.9 Å². The van der Waals surface area contributed by atoms with Crippen LogP contribution in [0.5, 0.6) is 0 Å². The van der Waals surface area contributed by atoms with Gasteiger partial charge in [-0.25, -0.2) is 0 Å². The van der Waals surface area contributed by atoms with E-state index >= 15 is 0 Å². The van der Waals surface area contributed by atoms with Crippen LogP contribution in [0, 0.1) is 0 Å². The maximum atomic E-state index is 5.03. The van der Waals surface area contributed by atoms with Crippen molar-refractivity contribution in [3.63, 3.8) is 0 Å². The van der Waals surface area contributed by atoms with Crippen molar-refractivity contribution >= 4 is 12.0 Å². The molecule has 0 amide bonds. The summed E-state index contributed by atoms with van der Waals surface area (Å²) >= 11 is 1.54. The predicted molar refractivity (Wildman–Crippen MR) is 27.6 cm³/mol. The van der Waals surface area contributed by atoms with Crippen LogP contribution < -0.4 is 0 Å². The van der Waals surface area contributed by atoms with Crippen molar-refractivity contribution in [3.05, 3.63) is 0 Å². The van der Waals surface area contributed by atoms with Gasteiger partial charge in [0.2, 0.25) is 0 Å². The van der Waals surface area contributed by atoms with E-state index in [2.05, 4.69) is 13.8 Å². The van der Waals surface area contributed by atoms with Crippen LogP contribution in [0.4, 0.5) is 0 Å². The Morgan fingerprint density at radius 3 is 2.00 bits per heavy atom. The lowest BCUT2D eigenvalue weighted by Crippen LogP contribution is -2.33. The van der Waals surface area contributed by atoms with Crippen molar-refractivity contribution in [2.75, 3.05) is 5.75 Å². The molecule has 6 heavy (non-hydrogen) atoms. The third-order valence-corrected chi connectivity index (χ3v) is 2.07. The summed E-state index contributed by atoms with van der Waals surface area (Å²) in [7, 11) is 0. The summed E-state index contributed by atoms with van der Waals surface area (Å²) in [5.74, 6) is 1.15. The SMILES string of the molecule is CC1(C)CSO1. The molecule has 1 fully saturated rings. The van der Waals surface area contributed by atoms with Crippen molar-refractivity contribution in [2.24, 2.45) is 0 Å². The van der Waals surface area contributed by atoms with Crippen molar-refractivity contribution in [3.8, 4) is 0 Å². The van der Waals surface area contributed by atoms with Crippen molar-refractivity contribution in [1.29, 1.82) is 0 Å². The normalized spacial score (nSPS) is 29.0. The average Bonchev–Trinajstić information content (AvgIpc) is 1.32. The van der Waals surface area contributed by atoms with E-state index in [0.29, 0.717) is 0 Å². The second-order valence-electron chi connectivity index (χ2n) is 2.11. The van der Waals surface area contributed by atoms with E-state index in [0.717, 1.165) is 5.75 Å². The van der Waals surface area contributed by atoms with Crippen LogP contribution >= 0.6 is 12.0 Å². The molecule has 0 spiro atoms. The minimum absolute atomic E-state index is 0.185.